The van der Waals surface area contributed by atoms with Crippen LogP contribution in [0.3, 0.4) is 0 Å². The topological polar surface area (TPSA) is 26.0 Å². The minimum atomic E-state index is 0.462. The van der Waals surface area contributed by atoms with Crippen LogP contribution in [0.2, 0.25) is 0 Å². The highest BCUT2D eigenvalue weighted by Crippen LogP contribution is 2.09. The molecule has 2 N–H and O–H groups in total. The zero-order chi connectivity index (χ0) is 8.97. The van der Waals surface area contributed by atoms with Crippen LogP contribution in [0.25, 0.3) is 6.08 Å². The number of allylic oxidation sites excluding steroid dienone is 1. The van der Waals surface area contributed by atoms with Gasteiger partial charge >= 0.3 is 0 Å². The van der Waals surface area contributed by atoms with Crippen LogP contribution in [0.1, 0.15) is 11.1 Å². The highest BCUT2D eigenvalue weighted by molar-refractivity contribution is 5.59. The van der Waals surface area contributed by atoms with E-state index in [-0.39, 0.29) is 0 Å². The second-order valence-electron chi connectivity index (χ2n) is 2.60. The first-order valence-corrected chi connectivity index (χ1v) is 3.73. The third-order valence-electron chi connectivity index (χ3n) is 1.67. The molecule has 0 heterocycles. The van der Waals surface area contributed by atoms with E-state index in [0.717, 1.165) is 5.56 Å². The molecule has 0 unspecified atom stereocenters. The third kappa shape index (κ3) is 1.90. The predicted octanol–water partition coefficient (Wildman–Crippen LogP) is 1.93. The van der Waals surface area contributed by atoms with Crippen molar-refractivity contribution in [3.8, 4) is 12.3 Å². The molecule has 0 aliphatic rings. The molecule has 1 aromatic carbocycles. The number of hydrogen-bond donors (Lipinski definition) is 1. The molecule has 1 aromatic rings. The molecule has 0 saturated heterocycles. The van der Waals surface area contributed by atoms with E-state index in [0.29, 0.717) is 5.70 Å². The highest BCUT2D eigenvalue weighted by Gasteiger charge is 1.91. The summed E-state index contributed by atoms with van der Waals surface area (Å²) in [5.41, 5.74) is 8.21. The number of aryl methyl sites for hydroxylation is 1. The van der Waals surface area contributed by atoms with Crippen molar-refractivity contribution in [1.82, 2.24) is 0 Å². The molecule has 1 rings (SSSR count). The van der Waals surface area contributed by atoms with Gasteiger partial charge in [0.15, 0.2) is 0 Å². The minimum absolute atomic E-state index is 0.462. The van der Waals surface area contributed by atoms with Crippen molar-refractivity contribution in [2.45, 2.75) is 6.92 Å². The third-order valence-corrected chi connectivity index (χ3v) is 1.67. The van der Waals surface area contributed by atoms with Crippen LogP contribution in [-0.4, -0.2) is 0 Å². The van der Waals surface area contributed by atoms with Crippen LogP contribution in [-0.2, 0) is 0 Å². The standard InChI is InChI=1S/C11H11N/c1-3-11(12)8-10-7-5-4-6-9(10)2/h1,4-8H,12H2,2H3/b11-8+. The van der Waals surface area contributed by atoms with Crippen molar-refractivity contribution in [1.29, 1.82) is 0 Å². The van der Waals surface area contributed by atoms with Crippen molar-refractivity contribution >= 4 is 6.08 Å². The fourth-order valence-electron chi connectivity index (χ4n) is 0.958. The van der Waals surface area contributed by atoms with Gasteiger partial charge < -0.3 is 5.73 Å². The second kappa shape index (κ2) is 3.64. The van der Waals surface area contributed by atoms with Crippen molar-refractivity contribution in [3.63, 3.8) is 0 Å². The van der Waals surface area contributed by atoms with E-state index in [1.807, 2.05) is 31.2 Å². The van der Waals surface area contributed by atoms with E-state index in [9.17, 15) is 0 Å². The molecule has 0 aliphatic carbocycles. The Hall–Kier alpha value is -1.68. The fourth-order valence-corrected chi connectivity index (χ4v) is 0.958. The van der Waals surface area contributed by atoms with E-state index in [1.54, 1.807) is 6.08 Å². The lowest BCUT2D eigenvalue weighted by atomic mass is 10.1. The van der Waals surface area contributed by atoms with Gasteiger partial charge in [0.25, 0.3) is 0 Å². The Balaban J connectivity index is 3.06. The summed E-state index contributed by atoms with van der Waals surface area (Å²) in [7, 11) is 0. The van der Waals surface area contributed by atoms with Gasteiger partial charge in [-0.1, -0.05) is 30.2 Å². The Labute approximate surface area is 72.9 Å². The van der Waals surface area contributed by atoms with E-state index < -0.39 is 0 Å². The quantitative estimate of drug-likeness (QED) is 0.619. The maximum Gasteiger partial charge on any atom is 0.0830 e. The minimum Gasteiger partial charge on any atom is -0.392 e. The molecule has 0 bridgehead atoms. The van der Waals surface area contributed by atoms with Crippen LogP contribution in [0.15, 0.2) is 30.0 Å². The Morgan fingerprint density at radius 1 is 1.50 bits per heavy atom. The SMILES string of the molecule is C#C/C(N)=C\c1ccccc1C. The molecule has 0 atom stereocenters. The first kappa shape index (κ1) is 8.42. The summed E-state index contributed by atoms with van der Waals surface area (Å²) >= 11 is 0. The lowest BCUT2D eigenvalue weighted by molar-refractivity contribution is 1.42. The summed E-state index contributed by atoms with van der Waals surface area (Å²) in [5, 5.41) is 0. The maximum absolute atomic E-state index is 5.50. The highest BCUT2D eigenvalue weighted by atomic mass is 14.5. The Bertz CT molecular complexity index is 342. The molecule has 0 aliphatic heterocycles. The van der Waals surface area contributed by atoms with Crippen LogP contribution >= 0.6 is 0 Å². The fraction of sp³-hybridized carbons (Fsp3) is 0.0909. The summed E-state index contributed by atoms with van der Waals surface area (Å²) in [6.45, 7) is 2.02. The van der Waals surface area contributed by atoms with Crippen molar-refractivity contribution in [3.05, 3.63) is 41.1 Å². The normalized spacial score (nSPS) is 10.8. The second-order valence-corrected chi connectivity index (χ2v) is 2.60. The zero-order valence-electron chi connectivity index (χ0n) is 7.04. The monoisotopic (exact) mass is 157 g/mol. The van der Waals surface area contributed by atoms with Gasteiger partial charge in [0, 0.05) is 0 Å². The number of hydrogen-bond acceptors (Lipinski definition) is 1. The molecule has 0 radical (unpaired) electrons. The van der Waals surface area contributed by atoms with E-state index in [4.69, 9.17) is 12.2 Å². The smallest absolute Gasteiger partial charge is 0.0830 e. The summed E-state index contributed by atoms with van der Waals surface area (Å²) in [4.78, 5) is 0. The van der Waals surface area contributed by atoms with Crippen LogP contribution in [0.4, 0.5) is 0 Å². The summed E-state index contributed by atoms with van der Waals surface area (Å²) < 4.78 is 0. The molecule has 0 aromatic heterocycles. The van der Waals surface area contributed by atoms with Gasteiger partial charge in [0.05, 0.1) is 5.70 Å². The molecular formula is C11H11N. The van der Waals surface area contributed by atoms with Crippen LogP contribution < -0.4 is 5.73 Å². The van der Waals surface area contributed by atoms with Gasteiger partial charge in [-0.15, -0.1) is 6.42 Å². The molecule has 0 spiro atoms. The number of benzene rings is 1. The molecule has 60 valence electrons. The van der Waals surface area contributed by atoms with Gasteiger partial charge in [-0.05, 0) is 24.1 Å². The Morgan fingerprint density at radius 2 is 2.17 bits per heavy atom. The zero-order valence-corrected chi connectivity index (χ0v) is 7.04. The Kier molecular flexibility index (Phi) is 2.55. The van der Waals surface area contributed by atoms with E-state index >= 15 is 0 Å². The lowest BCUT2D eigenvalue weighted by Gasteiger charge is -1.98. The van der Waals surface area contributed by atoms with Gasteiger partial charge in [-0.25, -0.2) is 0 Å². The molecule has 1 heteroatoms. The van der Waals surface area contributed by atoms with Crippen LogP contribution in [0, 0.1) is 19.3 Å². The molecule has 0 amide bonds. The largest absolute Gasteiger partial charge is 0.392 e. The average Bonchev–Trinajstić information content (AvgIpc) is 2.09. The summed E-state index contributed by atoms with van der Waals surface area (Å²) in [6.07, 6.45) is 6.93. The van der Waals surface area contributed by atoms with Crippen LogP contribution in [0.5, 0.6) is 0 Å². The molecule has 12 heavy (non-hydrogen) atoms. The van der Waals surface area contributed by atoms with Gasteiger partial charge in [0.1, 0.15) is 0 Å². The van der Waals surface area contributed by atoms with Gasteiger partial charge in [-0.3, -0.25) is 0 Å². The molecule has 0 saturated carbocycles. The number of nitrogens with two attached hydrogens (primary N) is 1. The van der Waals surface area contributed by atoms with Gasteiger partial charge in [0.2, 0.25) is 0 Å². The lowest BCUT2D eigenvalue weighted by Crippen LogP contribution is -1.92. The van der Waals surface area contributed by atoms with Crippen molar-refractivity contribution in [2.24, 2.45) is 5.73 Å². The van der Waals surface area contributed by atoms with Crippen molar-refractivity contribution < 1.29 is 0 Å². The number of rotatable bonds is 1. The van der Waals surface area contributed by atoms with Gasteiger partial charge in [-0.2, -0.15) is 0 Å². The predicted molar refractivity (Wildman–Crippen MR) is 52.2 cm³/mol. The van der Waals surface area contributed by atoms with E-state index in [2.05, 4.69) is 5.92 Å². The molecular weight excluding hydrogens is 146 g/mol. The van der Waals surface area contributed by atoms with E-state index in [1.165, 1.54) is 5.56 Å². The number of terminal acetylenes is 1. The maximum atomic E-state index is 5.50. The first-order valence-electron chi connectivity index (χ1n) is 3.73. The average molecular weight is 157 g/mol. The first-order chi connectivity index (χ1) is 5.74. The molecule has 1 nitrogen and oxygen atoms in total. The molecule has 0 fully saturated rings. The Morgan fingerprint density at radius 3 is 2.75 bits per heavy atom. The summed E-state index contributed by atoms with van der Waals surface area (Å²) in [5.74, 6) is 2.38. The summed E-state index contributed by atoms with van der Waals surface area (Å²) in [6, 6.07) is 7.95. The van der Waals surface area contributed by atoms with Crippen molar-refractivity contribution in [2.75, 3.05) is 0 Å².